The van der Waals surface area contributed by atoms with Crippen LogP contribution in [-0.2, 0) is 6.54 Å². The van der Waals surface area contributed by atoms with Crippen molar-refractivity contribution in [3.63, 3.8) is 0 Å². The second-order valence-corrected chi connectivity index (χ2v) is 5.90. The zero-order chi connectivity index (χ0) is 17.8. The van der Waals surface area contributed by atoms with Gasteiger partial charge in [-0.1, -0.05) is 42.5 Å². The Balaban J connectivity index is 1.88. The van der Waals surface area contributed by atoms with Gasteiger partial charge in [-0.15, -0.1) is 0 Å². The van der Waals surface area contributed by atoms with Gasteiger partial charge in [0.05, 0.1) is 14.2 Å². The van der Waals surface area contributed by atoms with Crippen LogP contribution in [0, 0.1) is 0 Å². The zero-order valence-corrected chi connectivity index (χ0v) is 14.7. The van der Waals surface area contributed by atoms with E-state index in [-0.39, 0.29) is 5.91 Å². The molecule has 0 bridgehead atoms. The Hall–Kier alpha value is -3.01. The van der Waals surface area contributed by atoms with Gasteiger partial charge in [-0.05, 0) is 28.5 Å². The topological polar surface area (TPSA) is 38.8 Å². The predicted molar refractivity (Wildman–Crippen MR) is 99.3 cm³/mol. The van der Waals surface area contributed by atoms with Gasteiger partial charge < -0.3 is 14.4 Å². The first-order chi connectivity index (χ1) is 12.1. The van der Waals surface area contributed by atoms with Crippen molar-refractivity contribution in [2.24, 2.45) is 0 Å². The first-order valence-electron chi connectivity index (χ1n) is 8.07. The molecule has 0 saturated carbocycles. The summed E-state index contributed by atoms with van der Waals surface area (Å²) in [5.41, 5.74) is 1.66. The smallest absolute Gasteiger partial charge is 0.254 e. The third kappa shape index (κ3) is 3.58. The van der Waals surface area contributed by atoms with E-state index in [9.17, 15) is 4.79 Å². The van der Waals surface area contributed by atoms with Crippen LogP contribution in [0.5, 0.6) is 11.5 Å². The number of hydrogen-bond donors (Lipinski definition) is 0. The molecule has 0 spiro atoms. The highest BCUT2D eigenvalue weighted by molar-refractivity contribution is 5.95. The maximum Gasteiger partial charge on any atom is 0.254 e. The fraction of sp³-hybridized carbons (Fsp3) is 0.190. The normalized spacial score (nSPS) is 10.5. The maximum atomic E-state index is 12.8. The van der Waals surface area contributed by atoms with E-state index in [0.717, 1.165) is 10.9 Å². The molecular weight excluding hydrogens is 314 g/mol. The van der Waals surface area contributed by atoms with Crippen molar-refractivity contribution in [3.05, 3.63) is 71.8 Å². The highest BCUT2D eigenvalue weighted by Crippen LogP contribution is 2.24. The number of rotatable bonds is 5. The summed E-state index contributed by atoms with van der Waals surface area (Å²) in [5.74, 6) is 1.12. The summed E-state index contributed by atoms with van der Waals surface area (Å²) in [7, 11) is 4.95. The summed E-state index contributed by atoms with van der Waals surface area (Å²) in [5, 5.41) is 2.33. The van der Waals surface area contributed by atoms with Crippen molar-refractivity contribution in [2.75, 3.05) is 21.3 Å². The van der Waals surface area contributed by atoms with Crippen LogP contribution in [0.25, 0.3) is 10.8 Å². The molecule has 3 aromatic carbocycles. The second-order valence-electron chi connectivity index (χ2n) is 5.90. The molecule has 0 radical (unpaired) electrons. The molecule has 0 N–H and O–H groups in total. The summed E-state index contributed by atoms with van der Waals surface area (Å²) in [4.78, 5) is 14.5. The lowest BCUT2D eigenvalue weighted by Gasteiger charge is -2.19. The summed E-state index contributed by atoms with van der Waals surface area (Å²) >= 11 is 0. The van der Waals surface area contributed by atoms with E-state index in [1.165, 1.54) is 5.39 Å². The average molecular weight is 335 g/mol. The minimum Gasteiger partial charge on any atom is -0.497 e. The summed E-state index contributed by atoms with van der Waals surface area (Å²) in [6.45, 7) is 0.527. The molecule has 3 rings (SSSR count). The standard InChI is InChI=1S/C21H21NO3/c1-22(14-16-9-6-8-15-7-4-5-10-20(15)16)21(23)17-11-18(24-2)13-19(12-17)25-3/h4-13H,14H2,1-3H3. The highest BCUT2D eigenvalue weighted by Gasteiger charge is 2.15. The fourth-order valence-electron chi connectivity index (χ4n) is 2.91. The number of ether oxygens (including phenoxy) is 2. The average Bonchev–Trinajstić information content (AvgIpc) is 2.67. The van der Waals surface area contributed by atoms with Crippen LogP contribution in [0.15, 0.2) is 60.7 Å². The number of fused-ring (bicyclic) bond motifs is 1. The highest BCUT2D eigenvalue weighted by atomic mass is 16.5. The summed E-state index contributed by atoms with van der Waals surface area (Å²) in [6, 6.07) is 19.5. The van der Waals surface area contributed by atoms with Gasteiger partial charge in [0.25, 0.3) is 5.91 Å². The van der Waals surface area contributed by atoms with Crippen LogP contribution in [-0.4, -0.2) is 32.1 Å². The van der Waals surface area contributed by atoms with Crippen LogP contribution in [0.3, 0.4) is 0 Å². The van der Waals surface area contributed by atoms with E-state index in [0.29, 0.717) is 23.6 Å². The molecule has 0 saturated heterocycles. The number of benzene rings is 3. The molecule has 4 heteroatoms. The SMILES string of the molecule is COc1cc(OC)cc(C(=O)N(C)Cc2cccc3ccccc23)c1. The molecule has 128 valence electrons. The maximum absolute atomic E-state index is 12.8. The second kappa shape index (κ2) is 7.26. The van der Waals surface area contributed by atoms with Crippen LogP contribution >= 0.6 is 0 Å². The molecule has 0 aromatic heterocycles. The monoisotopic (exact) mass is 335 g/mol. The lowest BCUT2D eigenvalue weighted by molar-refractivity contribution is 0.0785. The summed E-state index contributed by atoms with van der Waals surface area (Å²) in [6.07, 6.45) is 0. The van der Waals surface area contributed by atoms with Crippen LogP contribution in [0.1, 0.15) is 15.9 Å². The van der Waals surface area contributed by atoms with Crippen LogP contribution in [0.2, 0.25) is 0 Å². The first kappa shape index (κ1) is 16.8. The van der Waals surface area contributed by atoms with Gasteiger partial charge in [0.15, 0.2) is 0 Å². The Bertz CT molecular complexity index is 877. The van der Waals surface area contributed by atoms with Gasteiger partial charge in [0.1, 0.15) is 11.5 Å². The van der Waals surface area contributed by atoms with E-state index in [2.05, 4.69) is 24.3 Å². The lowest BCUT2D eigenvalue weighted by atomic mass is 10.0. The number of amides is 1. The van der Waals surface area contributed by atoms with Crippen molar-refractivity contribution in [1.82, 2.24) is 4.90 Å². The van der Waals surface area contributed by atoms with Crippen molar-refractivity contribution >= 4 is 16.7 Å². The van der Waals surface area contributed by atoms with Gasteiger partial charge in [-0.25, -0.2) is 0 Å². The van der Waals surface area contributed by atoms with Gasteiger partial charge in [0, 0.05) is 25.2 Å². The number of hydrogen-bond acceptors (Lipinski definition) is 3. The fourth-order valence-corrected chi connectivity index (χ4v) is 2.91. The van der Waals surface area contributed by atoms with Crippen LogP contribution < -0.4 is 9.47 Å². The Labute approximate surface area is 147 Å². The van der Waals surface area contributed by atoms with E-state index >= 15 is 0 Å². The van der Waals surface area contributed by atoms with Gasteiger partial charge >= 0.3 is 0 Å². The number of carbonyl (C=O) groups excluding carboxylic acids is 1. The first-order valence-corrected chi connectivity index (χ1v) is 8.07. The minimum absolute atomic E-state index is 0.0786. The van der Waals surface area contributed by atoms with Crippen molar-refractivity contribution in [3.8, 4) is 11.5 Å². The Morgan fingerprint density at radius 3 is 2.24 bits per heavy atom. The molecule has 0 heterocycles. The van der Waals surface area contributed by atoms with Gasteiger partial charge in [-0.2, -0.15) is 0 Å². The molecular formula is C21H21NO3. The van der Waals surface area contributed by atoms with Crippen molar-refractivity contribution in [1.29, 1.82) is 0 Å². The third-order valence-electron chi connectivity index (χ3n) is 4.23. The molecule has 0 aliphatic carbocycles. The Morgan fingerprint density at radius 1 is 0.920 bits per heavy atom. The Kier molecular flexibility index (Phi) is 4.89. The Morgan fingerprint density at radius 2 is 1.56 bits per heavy atom. The van der Waals surface area contributed by atoms with E-state index in [4.69, 9.17) is 9.47 Å². The van der Waals surface area contributed by atoms with Crippen molar-refractivity contribution < 1.29 is 14.3 Å². The molecule has 0 atom stereocenters. The molecule has 0 unspecified atom stereocenters. The predicted octanol–water partition coefficient (Wildman–Crippen LogP) is 4.13. The number of methoxy groups -OCH3 is 2. The number of carbonyl (C=O) groups is 1. The van der Waals surface area contributed by atoms with E-state index in [1.807, 2.05) is 18.2 Å². The molecule has 0 fully saturated rings. The van der Waals surface area contributed by atoms with Gasteiger partial charge in [0.2, 0.25) is 0 Å². The van der Waals surface area contributed by atoms with Crippen LogP contribution in [0.4, 0.5) is 0 Å². The third-order valence-corrected chi connectivity index (χ3v) is 4.23. The van der Waals surface area contributed by atoms with E-state index < -0.39 is 0 Å². The molecule has 0 aliphatic rings. The molecule has 0 aliphatic heterocycles. The van der Waals surface area contributed by atoms with Crippen molar-refractivity contribution in [2.45, 2.75) is 6.54 Å². The lowest BCUT2D eigenvalue weighted by Crippen LogP contribution is -2.26. The largest absolute Gasteiger partial charge is 0.497 e. The molecule has 25 heavy (non-hydrogen) atoms. The molecule has 4 nitrogen and oxygen atoms in total. The number of nitrogens with zero attached hydrogens (tertiary/aromatic N) is 1. The molecule has 1 amide bonds. The summed E-state index contributed by atoms with van der Waals surface area (Å²) < 4.78 is 10.5. The minimum atomic E-state index is -0.0786. The quantitative estimate of drug-likeness (QED) is 0.704. The zero-order valence-electron chi connectivity index (χ0n) is 14.7. The van der Waals surface area contributed by atoms with E-state index in [1.54, 1.807) is 44.4 Å². The molecule has 3 aromatic rings. The van der Waals surface area contributed by atoms with Gasteiger partial charge in [-0.3, -0.25) is 4.79 Å².